The van der Waals surface area contributed by atoms with Gasteiger partial charge in [0.1, 0.15) is 6.54 Å². The van der Waals surface area contributed by atoms with E-state index in [0.29, 0.717) is 24.0 Å². The van der Waals surface area contributed by atoms with E-state index in [9.17, 15) is 14.4 Å². The molecular weight excluding hydrogens is 370 g/mol. The summed E-state index contributed by atoms with van der Waals surface area (Å²) in [6.45, 7) is 6.35. The van der Waals surface area contributed by atoms with Gasteiger partial charge in [-0.25, -0.2) is 0 Å². The molecule has 0 unspecified atom stereocenters. The molecule has 4 rings (SSSR count). The van der Waals surface area contributed by atoms with Gasteiger partial charge in [-0.1, -0.05) is 18.2 Å². The predicted octanol–water partition coefficient (Wildman–Crippen LogP) is 2.08. The number of morpholine rings is 1. The Hall–Kier alpha value is -2.67. The van der Waals surface area contributed by atoms with Crippen molar-refractivity contribution in [3.05, 3.63) is 36.0 Å². The van der Waals surface area contributed by atoms with Gasteiger partial charge in [0, 0.05) is 43.3 Å². The van der Waals surface area contributed by atoms with Gasteiger partial charge in [-0.05, 0) is 32.8 Å². The second kappa shape index (κ2) is 7.99. The number of para-hydroxylation sites is 1. The number of rotatable bonds is 4. The summed E-state index contributed by atoms with van der Waals surface area (Å²) in [6, 6.07) is 7.43. The molecule has 2 saturated heterocycles. The van der Waals surface area contributed by atoms with Crippen molar-refractivity contribution >= 4 is 28.5 Å². The highest BCUT2D eigenvalue weighted by molar-refractivity contribution is 6.44. The van der Waals surface area contributed by atoms with E-state index in [4.69, 9.17) is 4.74 Å². The van der Waals surface area contributed by atoms with Crippen molar-refractivity contribution in [2.45, 2.75) is 45.4 Å². The zero-order chi connectivity index (χ0) is 20.5. The van der Waals surface area contributed by atoms with Gasteiger partial charge in [0.15, 0.2) is 0 Å². The molecule has 154 valence electrons. The molecule has 2 amide bonds. The minimum atomic E-state index is -0.533. The molecule has 29 heavy (non-hydrogen) atoms. The van der Waals surface area contributed by atoms with Crippen LogP contribution < -0.4 is 0 Å². The van der Waals surface area contributed by atoms with E-state index in [1.165, 1.54) is 0 Å². The highest BCUT2D eigenvalue weighted by atomic mass is 16.5. The molecule has 2 aliphatic rings. The molecule has 1 aromatic carbocycles. The van der Waals surface area contributed by atoms with Gasteiger partial charge in [-0.2, -0.15) is 0 Å². The quantitative estimate of drug-likeness (QED) is 0.585. The fourth-order valence-electron chi connectivity index (χ4n) is 4.37. The highest BCUT2D eigenvalue weighted by Crippen LogP contribution is 2.24. The van der Waals surface area contributed by atoms with Gasteiger partial charge in [0.2, 0.25) is 5.91 Å². The molecule has 0 N–H and O–H groups in total. The number of benzene rings is 1. The van der Waals surface area contributed by atoms with Crippen LogP contribution in [0.5, 0.6) is 0 Å². The Kier molecular flexibility index (Phi) is 5.41. The van der Waals surface area contributed by atoms with E-state index in [-0.39, 0.29) is 24.7 Å². The number of hydrogen-bond acceptors (Lipinski definition) is 4. The van der Waals surface area contributed by atoms with Gasteiger partial charge < -0.3 is 19.1 Å². The lowest BCUT2D eigenvalue weighted by Gasteiger charge is -2.34. The lowest BCUT2D eigenvalue weighted by atomic mass is 10.1. The number of carbonyl (C=O) groups is 3. The molecule has 2 fully saturated rings. The van der Waals surface area contributed by atoms with E-state index < -0.39 is 11.7 Å². The first kappa shape index (κ1) is 19.6. The monoisotopic (exact) mass is 397 g/mol. The number of nitrogens with zero attached hydrogens (tertiary/aromatic N) is 3. The number of carbonyl (C=O) groups excluding carboxylic acids is 3. The molecule has 2 atom stereocenters. The molecule has 7 nitrogen and oxygen atoms in total. The smallest absolute Gasteiger partial charge is 0.295 e. The summed E-state index contributed by atoms with van der Waals surface area (Å²) < 4.78 is 7.46. The fraction of sp³-hybridized carbons (Fsp3) is 0.500. The fourth-order valence-corrected chi connectivity index (χ4v) is 4.37. The van der Waals surface area contributed by atoms with Crippen molar-refractivity contribution in [2.24, 2.45) is 0 Å². The van der Waals surface area contributed by atoms with Crippen LogP contribution >= 0.6 is 0 Å². The van der Waals surface area contributed by atoms with Crippen LogP contribution in [-0.2, 0) is 20.9 Å². The maximum atomic E-state index is 13.1. The highest BCUT2D eigenvalue weighted by Gasteiger charge is 2.32. The largest absolute Gasteiger partial charge is 0.372 e. The van der Waals surface area contributed by atoms with Gasteiger partial charge in [-0.15, -0.1) is 0 Å². The third-order valence-electron chi connectivity index (χ3n) is 5.70. The molecular formula is C22H27N3O4. The first-order valence-electron chi connectivity index (χ1n) is 10.3. The first-order valence-corrected chi connectivity index (χ1v) is 10.3. The van der Waals surface area contributed by atoms with Crippen LogP contribution in [0.15, 0.2) is 30.5 Å². The van der Waals surface area contributed by atoms with Crippen LogP contribution in [0.25, 0.3) is 10.9 Å². The summed E-state index contributed by atoms with van der Waals surface area (Å²) in [6.07, 6.45) is 3.52. The van der Waals surface area contributed by atoms with E-state index in [1.54, 1.807) is 15.7 Å². The van der Waals surface area contributed by atoms with Crippen LogP contribution in [0.1, 0.15) is 37.0 Å². The number of Topliss-reactive ketones (excluding diaryl/α,β-unsaturated/α-hetero) is 1. The van der Waals surface area contributed by atoms with Gasteiger partial charge in [0.25, 0.3) is 11.7 Å². The molecule has 1 aromatic heterocycles. The van der Waals surface area contributed by atoms with Crippen molar-refractivity contribution < 1.29 is 19.1 Å². The van der Waals surface area contributed by atoms with Gasteiger partial charge in [0.05, 0.1) is 17.8 Å². The Labute approximate surface area is 170 Å². The molecule has 0 aliphatic carbocycles. The van der Waals surface area contributed by atoms with Crippen LogP contribution in [0, 0.1) is 0 Å². The number of amides is 2. The molecule has 2 aliphatic heterocycles. The third kappa shape index (κ3) is 3.92. The maximum absolute atomic E-state index is 13.1. The summed E-state index contributed by atoms with van der Waals surface area (Å²) in [5.74, 6) is -1.000. The lowest BCUT2D eigenvalue weighted by molar-refractivity contribution is -0.138. The molecule has 3 heterocycles. The third-order valence-corrected chi connectivity index (χ3v) is 5.70. The number of likely N-dealkylation sites (tertiary alicyclic amines) is 1. The Bertz CT molecular complexity index is 935. The standard InChI is InChI=1S/C22H27N3O4/c1-15-11-25(12-16(2)29-15)22(28)21(27)18-13-24(19-8-4-3-7-17(18)19)14-20(26)23-9-5-6-10-23/h3-4,7-8,13,15-16H,5-6,9-12,14H2,1-2H3/t15-,16-/m0/s1. The zero-order valence-electron chi connectivity index (χ0n) is 17.0. The van der Waals surface area contributed by atoms with Crippen LogP contribution in [-0.4, -0.2) is 70.4 Å². The SMILES string of the molecule is C[C@H]1CN(C(=O)C(=O)c2cn(CC(=O)N3CCCC3)c3ccccc23)C[C@H](C)O1. The van der Waals surface area contributed by atoms with Crippen LogP contribution in [0.4, 0.5) is 0 Å². The second-order valence-corrected chi connectivity index (χ2v) is 8.07. The Morgan fingerprint density at radius 3 is 2.34 bits per heavy atom. The Morgan fingerprint density at radius 1 is 1.00 bits per heavy atom. The minimum absolute atomic E-state index is 0.0457. The molecule has 7 heteroatoms. The number of hydrogen-bond donors (Lipinski definition) is 0. The molecule has 0 radical (unpaired) electrons. The van der Waals surface area contributed by atoms with E-state index in [2.05, 4.69) is 0 Å². The zero-order valence-corrected chi connectivity index (χ0v) is 17.0. The van der Waals surface area contributed by atoms with Crippen molar-refractivity contribution in [2.75, 3.05) is 26.2 Å². The average molecular weight is 397 g/mol. The number of fused-ring (bicyclic) bond motifs is 1. The molecule has 0 spiro atoms. The normalized spacial score (nSPS) is 22.3. The van der Waals surface area contributed by atoms with E-state index >= 15 is 0 Å². The number of ether oxygens (including phenoxy) is 1. The Morgan fingerprint density at radius 2 is 1.66 bits per heavy atom. The molecule has 0 bridgehead atoms. The van der Waals surface area contributed by atoms with Crippen LogP contribution in [0.3, 0.4) is 0 Å². The van der Waals surface area contributed by atoms with Gasteiger partial charge in [-0.3, -0.25) is 14.4 Å². The Balaban J connectivity index is 1.60. The maximum Gasteiger partial charge on any atom is 0.295 e. The van der Waals surface area contributed by atoms with Crippen molar-refractivity contribution in [1.29, 1.82) is 0 Å². The van der Waals surface area contributed by atoms with Gasteiger partial charge >= 0.3 is 0 Å². The second-order valence-electron chi connectivity index (χ2n) is 8.07. The van der Waals surface area contributed by atoms with Crippen molar-refractivity contribution in [3.63, 3.8) is 0 Å². The van der Waals surface area contributed by atoms with E-state index in [0.717, 1.165) is 31.4 Å². The minimum Gasteiger partial charge on any atom is -0.372 e. The number of aromatic nitrogens is 1. The topological polar surface area (TPSA) is 71.9 Å². The lowest BCUT2D eigenvalue weighted by Crippen LogP contribution is -2.50. The first-order chi connectivity index (χ1) is 13.9. The molecule has 0 saturated carbocycles. The number of ketones is 1. The summed E-state index contributed by atoms with van der Waals surface area (Å²) in [5, 5.41) is 0.703. The summed E-state index contributed by atoms with van der Waals surface area (Å²) in [7, 11) is 0. The van der Waals surface area contributed by atoms with Crippen LogP contribution in [0.2, 0.25) is 0 Å². The summed E-state index contributed by atoms with van der Waals surface area (Å²) in [5.41, 5.74) is 1.14. The summed E-state index contributed by atoms with van der Waals surface area (Å²) >= 11 is 0. The predicted molar refractivity (Wildman–Crippen MR) is 109 cm³/mol. The summed E-state index contributed by atoms with van der Waals surface area (Å²) in [4.78, 5) is 42.0. The van der Waals surface area contributed by atoms with Crippen molar-refractivity contribution in [3.8, 4) is 0 Å². The van der Waals surface area contributed by atoms with E-state index in [1.807, 2.05) is 43.0 Å². The molecule has 2 aromatic rings. The average Bonchev–Trinajstić information content (AvgIpc) is 3.35. The van der Waals surface area contributed by atoms with Crippen molar-refractivity contribution in [1.82, 2.24) is 14.4 Å².